The van der Waals surface area contributed by atoms with Crippen molar-refractivity contribution in [2.24, 2.45) is 0 Å². The van der Waals surface area contributed by atoms with Gasteiger partial charge in [-0.15, -0.1) is 11.3 Å². The molecule has 11 heteroatoms. The molecule has 8 nitrogen and oxygen atoms in total. The van der Waals surface area contributed by atoms with E-state index < -0.39 is 10.0 Å². The smallest absolute Gasteiger partial charge is 0.260 e. The Bertz CT molecular complexity index is 1280. The standard InChI is InChI=1S/C17H17FN6O2S2/c1-11-13(9-24-16(15(11)18)20-10-21-24)12-2-4-22(5-3-12)28(25,26)14-8-19-17-23(14)6-7-27-17/h6-10,12H,2-5H2,1H3. The zero-order chi connectivity index (χ0) is 19.5. The number of nitrogens with zero attached hydrogens (tertiary/aromatic N) is 6. The maximum atomic E-state index is 14.6. The van der Waals surface area contributed by atoms with Gasteiger partial charge in [0.1, 0.15) is 6.33 Å². The average Bonchev–Trinajstić information content (AvgIpc) is 3.41. The Balaban J connectivity index is 1.41. The Labute approximate surface area is 164 Å². The first-order chi connectivity index (χ1) is 13.5. The van der Waals surface area contributed by atoms with Gasteiger partial charge in [-0.25, -0.2) is 27.3 Å². The molecule has 0 amide bonds. The maximum absolute atomic E-state index is 14.6. The number of hydrogen-bond donors (Lipinski definition) is 0. The highest BCUT2D eigenvalue weighted by Gasteiger charge is 2.33. The molecule has 0 unspecified atom stereocenters. The van der Waals surface area contributed by atoms with Crippen molar-refractivity contribution in [2.45, 2.75) is 30.7 Å². The SMILES string of the molecule is Cc1c(C2CCN(S(=O)(=O)c3cnc4sccn34)CC2)cn2ncnc2c1F. The summed E-state index contributed by atoms with van der Waals surface area (Å²) in [5.41, 5.74) is 1.62. The molecule has 0 saturated carbocycles. The third-order valence-electron chi connectivity index (χ3n) is 5.40. The Kier molecular flexibility index (Phi) is 4.00. The Hall–Kier alpha value is -2.37. The highest BCUT2D eigenvalue weighted by molar-refractivity contribution is 7.89. The second-order valence-electron chi connectivity index (χ2n) is 6.88. The molecule has 1 saturated heterocycles. The summed E-state index contributed by atoms with van der Waals surface area (Å²) in [4.78, 5) is 8.76. The molecule has 5 rings (SSSR count). The van der Waals surface area contributed by atoms with Gasteiger partial charge >= 0.3 is 0 Å². The largest absolute Gasteiger partial charge is 0.280 e. The van der Waals surface area contributed by atoms with Crippen LogP contribution in [0.3, 0.4) is 0 Å². The van der Waals surface area contributed by atoms with Crippen molar-refractivity contribution in [2.75, 3.05) is 13.1 Å². The number of pyridine rings is 1. The lowest BCUT2D eigenvalue weighted by Gasteiger charge is -2.31. The quantitative estimate of drug-likeness (QED) is 0.508. The number of hydrogen-bond acceptors (Lipinski definition) is 6. The zero-order valence-electron chi connectivity index (χ0n) is 15.0. The summed E-state index contributed by atoms with van der Waals surface area (Å²) in [6.45, 7) is 2.49. The first-order valence-corrected chi connectivity index (χ1v) is 11.2. The van der Waals surface area contributed by atoms with Gasteiger partial charge in [0.15, 0.2) is 21.5 Å². The van der Waals surface area contributed by atoms with E-state index in [0.717, 1.165) is 5.56 Å². The van der Waals surface area contributed by atoms with E-state index >= 15 is 0 Å². The van der Waals surface area contributed by atoms with Gasteiger partial charge in [0.2, 0.25) is 0 Å². The van der Waals surface area contributed by atoms with E-state index in [4.69, 9.17) is 0 Å². The van der Waals surface area contributed by atoms with Crippen molar-refractivity contribution in [3.63, 3.8) is 0 Å². The van der Waals surface area contributed by atoms with Gasteiger partial charge in [0, 0.05) is 30.9 Å². The summed E-state index contributed by atoms with van der Waals surface area (Å²) in [5.74, 6) is -0.301. The van der Waals surface area contributed by atoms with Crippen molar-refractivity contribution in [3.05, 3.63) is 47.2 Å². The van der Waals surface area contributed by atoms with E-state index in [-0.39, 0.29) is 22.4 Å². The lowest BCUT2D eigenvalue weighted by atomic mass is 9.88. The summed E-state index contributed by atoms with van der Waals surface area (Å²) < 4.78 is 45.2. The minimum atomic E-state index is -3.63. The number of halogens is 1. The van der Waals surface area contributed by atoms with Crippen LogP contribution in [0.2, 0.25) is 0 Å². The lowest BCUT2D eigenvalue weighted by Crippen LogP contribution is -2.38. The van der Waals surface area contributed by atoms with Crippen LogP contribution in [-0.4, -0.2) is 49.8 Å². The van der Waals surface area contributed by atoms with Crippen LogP contribution in [0.15, 0.2) is 35.3 Å². The van der Waals surface area contributed by atoms with Crippen LogP contribution in [0.25, 0.3) is 10.6 Å². The Morgan fingerprint density at radius 2 is 2.04 bits per heavy atom. The Morgan fingerprint density at radius 1 is 1.25 bits per heavy atom. The van der Waals surface area contributed by atoms with Crippen LogP contribution in [0.4, 0.5) is 4.39 Å². The van der Waals surface area contributed by atoms with E-state index in [1.165, 1.54) is 32.7 Å². The summed E-state index contributed by atoms with van der Waals surface area (Å²) in [6, 6.07) is 0. The van der Waals surface area contributed by atoms with Gasteiger partial charge in [0.25, 0.3) is 10.0 Å². The summed E-state index contributed by atoms with van der Waals surface area (Å²) in [6.07, 6.45) is 7.49. The van der Waals surface area contributed by atoms with Crippen molar-refractivity contribution >= 4 is 32.0 Å². The Morgan fingerprint density at radius 3 is 2.82 bits per heavy atom. The highest BCUT2D eigenvalue weighted by atomic mass is 32.2. The fourth-order valence-corrected chi connectivity index (χ4v) is 6.16. The molecule has 1 fully saturated rings. The van der Waals surface area contributed by atoms with Gasteiger partial charge < -0.3 is 0 Å². The fraction of sp³-hybridized carbons (Fsp3) is 0.353. The van der Waals surface area contributed by atoms with Gasteiger partial charge in [-0.1, -0.05) is 0 Å². The van der Waals surface area contributed by atoms with Gasteiger partial charge in [-0.3, -0.25) is 4.40 Å². The van der Waals surface area contributed by atoms with Gasteiger partial charge in [0.05, 0.1) is 6.20 Å². The second-order valence-corrected chi connectivity index (χ2v) is 9.64. The van der Waals surface area contributed by atoms with E-state index in [9.17, 15) is 12.8 Å². The summed E-state index contributed by atoms with van der Waals surface area (Å²) in [5, 5.41) is 6.04. The zero-order valence-corrected chi connectivity index (χ0v) is 16.6. The van der Waals surface area contributed by atoms with Crippen LogP contribution in [0.1, 0.15) is 29.9 Å². The third-order valence-corrected chi connectivity index (χ3v) is 8.05. The molecule has 5 heterocycles. The molecule has 0 aromatic carbocycles. The first-order valence-electron chi connectivity index (χ1n) is 8.86. The average molecular weight is 420 g/mol. The number of thiazole rings is 1. The first kappa shape index (κ1) is 17.7. The molecule has 4 aromatic heterocycles. The fourth-order valence-electron chi connectivity index (χ4n) is 3.87. The van der Waals surface area contributed by atoms with Crippen molar-refractivity contribution < 1.29 is 12.8 Å². The topological polar surface area (TPSA) is 84.9 Å². The minimum absolute atomic E-state index is 0.0705. The molecule has 1 aliphatic rings. The number of piperidine rings is 1. The number of fused-ring (bicyclic) bond motifs is 2. The second kappa shape index (κ2) is 6.33. The van der Waals surface area contributed by atoms with Gasteiger partial charge in [-0.05, 0) is 36.8 Å². The predicted molar refractivity (Wildman–Crippen MR) is 101 cm³/mol. The van der Waals surface area contributed by atoms with Crippen LogP contribution in [0, 0.1) is 12.7 Å². The molecule has 1 aliphatic heterocycles. The minimum Gasteiger partial charge on any atom is -0.280 e. The molecule has 146 valence electrons. The molecule has 0 N–H and O–H groups in total. The van der Waals surface area contributed by atoms with E-state index in [2.05, 4.69) is 15.1 Å². The summed E-state index contributed by atoms with van der Waals surface area (Å²) in [7, 11) is -3.63. The molecular weight excluding hydrogens is 403 g/mol. The molecule has 28 heavy (non-hydrogen) atoms. The predicted octanol–water partition coefficient (Wildman–Crippen LogP) is 2.45. The van der Waals surface area contributed by atoms with Crippen LogP contribution >= 0.6 is 11.3 Å². The molecule has 0 atom stereocenters. The van der Waals surface area contributed by atoms with E-state index in [1.807, 2.05) is 5.38 Å². The van der Waals surface area contributed by atoms with Crippen molar-refractivity contribution in [3.8, 4) is 0 Å². The molecule has 0 aliphatic carbocycles. The number of imidazole rings is 1. The monoisotopic (exact) mass is 420 g/mol. The number of sulfonamides is 1. The van der Waals surface area contributed by atoms with Crippen LogP contribution in [0.5, 0.6) is 0 Å². The van der Waals surface area contributed by atoms with Crippen LogP contribution in [-0.2, 0) is 10.0 Å². The number of aromatic nitrogens is 5. The van der Waals surface area contributed by atoms with Crippen molar-refractivity contribution in [1.82, 2.24) is 28.3 Å². The van der Waals surface area contributed by atoms with Crippen molar-refractivity contribution in [1.29, 1.82) is 0 Å². The lowest BCUT2D eigenvalue weighted by molar-refractivity contribution is 0.317. The maximum Gasteiger partial charge on any atom is 0.260 e. The van der Waals surface area contributed by atoms with E-state index in [0.29, 0.717) is 36.5 Å². The molecule has 0 bridgehead atoms. The third kappa shape index (κ3) is 2.57. The van der Waals surface area contributed by atoms with Gasteiger partial charge in [-0.2, -0.15) is 9.40 Å². The molecular formula is C17H17FN6O2S2. The summed E-state index contributed by atoms with van der Waals surface area (Å²) >= 11 is 1.39. The number of rotatable bonds is 3. The molecule has 4 aromatic rings. The molecule has 0 spiro atoms. The van der Waals surface area contributed by atoms with Crippen LogP contribution < -0.4 is 0 Å². The highest BCUT2D eigenvalue weighted by Crippen LogP contribution is 2.34. The van der Waals surface area contributed by atoms with E-state index in [1.54, 1.807) is 23.7 Å². The molecule has 0 radical (unpaired) electrons. The normalized spacial score (nSPS) is 17.1.